The molecule has 0 aliphatic rings. The van der Waals surface area contributed by atoms with Crippen LogP contribution in [-0.2, 0) is 16.0 Å². The van der Waals surface area contributed by atoms with Gasteiger partial charge in [0.05, 0.1) is 0 Å². The van der Waals surface area contributed by atoms with Gasteiger partial charge in [-0.25, -0.2) is 0 Å². The lowest BCUT2D eigenvalue weighted by atomic mass is 10.2. The number of rotatable bonds is 7. The fraction of sp³-hybridized carbons (Fsp3) is 0.500. The third-order valence-electron chi connectivity index (χ3n) is 2.25. The highest BCUT2D eigenvalue weighted by atomic mass is 28.2. The molecule has 0 aromatic heterocycles. The molecule has 3 nitrogen and oxygen atoms in total. The minimum Gasteiger partial charge on any atom is -0.360 e. The van der Waals surface area contributed by atoms with Gasteiger partial charge in [-0.3, -0.25) is 0 Å². The largest absolute Gasteiger partial charge is 0.360 e. The SMILES string of the molecule is COC(OC)[Si]CN(C)Cc1ccccc1. The molecule has 0 atom stereocenters. The quantitative estimate of drug-likeness (QED) is 0.528. The maximum Gasteiger partial charge on any atom is 0.137 e. The Morgan fingerprint density at radius 2 is 1.81 bits per heavy atom. The predicted octanol–water partition coefficient (Wildman–Crippen LogP) is 1.36. The summed E-state index contributed by atoms with van der Waals surface area (Å²) in [5.41, 5.74) is 1.33. The molecular weight excluding hydrogens is 218 g/mol. The second-order valence-electron chi connectivity index (χ2n) is 3.67. The van der Waals surface area contributed by atoms with Gasteiger partial charge < -0.3 is 14.4 Å². The Morgan fingerprint density at radius 3 is 2.38 bits per heavy atom. The molecule has 2 radical (unpaired) electrons. The van der Waals surface area contributed by atoms with Crippen molar-refractivity contribution in [1.29, 1.82) is 0 Å². The fourth-order valence-corrected chi connectivity index (χ4v) is 2.35. The molecule has 0 N–H and O–H groups in total. The Labute approximate surface area is 100 Å². The van der Waals surface area contributed by atoms with Crippen LogP contribution in [0.3, 0.4) is 0 Å². The van der Waals surface area contributed by atoms with Crippen LogP contribution in [0.15, 0.2) is 30.3 Å². The monoisotopic (exact) mass is 237 g/mol. The van der Waals surface area contributed by atoms with E-state index in [2.05, 4.69) is 36.2 Å². The van der Waals surface area contributed by atoms with Crippen LogP contribution in [0.1, 0.15) is 5.56 Å². The Hall–Kier alpha value is -0.683. The Kier molecular flexibility index (Phi) is 6.33. The van der Waals surface area contributed by atoms with Crippen LogP contribution < -0.4 is 0 Å². The van der Waals surface area contributed by atoms with E-state index in [9.17, 15) is 0 Å². The second-order valence-corrected chi connectivity index (χ2v) is 4.86. The zero-order valence-electron chi connectivity index (χ0n) is 10.1. The summed E-state index contributed by atoms with van der Waals surface area (Å²) in [6.45, 7) is 0.966. The highest BCUT2D eigenvalue weighted by Crippen LogP contribution is 2.02. The van der Waals surface area contributed by atoms with Crippen molar-refractivity contribution in [3.8, 4) is 0 Å². The molecule has 0 unspecified atom stereocenters. The smallest absolute Gasteiger partial charge is 0.137 e. The maximum absolute atomic E-state index is 5.16. The van der Waals surface area contributed by atoms with Gasteiger partial charge in [-0.05, 0) is 18.8 Å². The first-order chi connectivity index (χ1) is 7.76. The topological polar surface area (TPSA) is 21.7 Å². The molecule has 1 aromatic carbocycles. The molecule has 1 rings (SSSR count). The lowest BCUT2D eigenvalue weighted by Crippen LogP contribution is -2.32. The van der Waals surface area contributed by atoms with E-state index in [-0.39, 0.29) is 5.91 Å². The van der Waals surface area contributed by atoms with Gasteiger partial charge in [0.2, 0.25) is 0 Å². The predicted molar refractivity (Wildman–Crippen MR) is 66.3 cm³/mol. The van der Waals surface area contributed by atoms with Crippen molar-refractivity contribution in [3.63, 3.8) is 0 Å². The van der Waals surface area contributed by atoms with Gasteiger partial charge in [0.25, 0.3) is 0 Å². The zero-order valence-corrected chi connectivity index (χ0v) is 11.1. The molecule has 16 heavy (non-hydrogen) atoms. The Balaban J connectivity index is 2.28. The van der Waals surface area contributed by atoms with Crippen molar-refractivity contribution in [2.24, 2.45) is 0 Å². The van der Waals surface area contributed by atoms with Crippen LogP contribution in [0.25, 0.3) is 0 Å². The van der Waals surface area contributed by atoms with Crippen molar-refractivity contribution < 1.29 is 9.47 Å². The third-order valence-corrected chi connectivity index (χ3v) is 3.78. The van der Waals surface area contributed by atoms with Gasteiger partial charge in [-0.15, -0.1) is 0 Å². The first kappa shape index (κ1) is 13.4. The fourth-order valence-electron chi connectivity index (χ4n) is 1.44. The van der Waals surface area contributed by atoms with Gasteiger partial charge in [0, 0.05) is 20.8 Å². The van der Waals surface area contributed by atoms with E-state index in [1.165, 1.54) is 5.56 Å². The van der Waals surface area contributed by atoms with Gasteiger partial charge in [0.1, 0.15) is 15.4 Å². The number of hydrogen-bond acceptors (Lipinski definition) is 3. The normalized spacial score (nSPS) is 11.3. The molecule has 0 saturated carbocycles. The first-order valence-electron chi connectivity index (χ1n) is 5.27. The average molecular weight is 237 g/mol. The van der Waals surface area contributed by atoms with E-state index in [1.807, 2.05) is 6.07 Å². The molecule has 4 heteroatoms. The molecule has 0 fully saturated rings. The molecule has 1 aromatic rings. The molecule has 0 spiro atoms. The molecule has 0 saturated heterocycles. The van der Waals surface area contributed by atoms with Crippen molar-refractivity contribution in [1.82, 2.24) is 4.90 Å². The molecule has 0 bridgehead atoms. The lowest BCUT2D eigenvalue weighted by molar-refractivity contribution is -0.0448. The third kappa shape index (κ3) is 4.89. The molecule has 88 valence electrons. The van der Waals surface area contributed by atoms with Crippen molar-refractivity contribution in [3.05, 3.63) is 35.9 Å². The molecule has 0 aliphatic heterocycles. The van der Waals surface area contributed by atoms with Crippen molar-refractivity contribution in [2.45, 2.75) is 12.5 Å². The number of nitrogens with zero attached hydrogens (tertiary/aromatic N) is 1. The number of ether oxygens (including phenoxy) is 2. The van der Waals surface area contributed by atoms with Crippen LogP contribution >= 0.6 is 0 Å². The van der Waals surface area contributed by atoms with Crippen LogP contribution in [-0.4, -0.2) is 47.8 Å². The second kappa shape index (κ2) is 7.57. The van der Waals surface area contributed by atoms with Gasteiger partial charge >= 0.3 is 0 Å². The van der Waals surface area contributed by atoms with Crippen molar-refractivity contribution >= 4 is 9.52 Å². The van der Waals surface area contributed by atoms with Crippen LogP contribution in [0.5, 0.6) is 0 Å². The summed E-state index contributed by atoms with van der Waals surface area (Å²) in [5, 5.41) is 0. The van der Waals surface area contributed by atoms with Crippen LogP contribution in [0.4, 0.5) is 0 Å². The average Bonchev–Trinajstić information content (AvgIpc) is 2.31. The molecule has 0 heterocycles. The highest BCUT2D eigenvalue weighted by molar-refractivity contribution is 6.36. The summed E-state index contributed by atoms with van der Waals surface area (Å²) in [7, 11) is 6.11. The highest BCUT2D eigenvalue weighted by Gasteiger charge is 2.08. The van der Waals surface area contributed by atoms with Gasteiger partial charge in [-0.2, -0.15) is 0 Å². The Bertz CT molecular complexity index is 278. The number of benzene rings is 1. The molecule has 0 amide bonds. The summed E-state index contributed by atoms with van der Waals surface area (Å²) >= 11 is 0. The van der Waals surface area contributed by atoms with E-state index in [0.717, 1.165) is 12.7 Å². The summed E-state index contributed by atoms with van der Waals surface area (Å²) in [6.07, 6.45) is 0.987. The van der Waals surface area contributed by atoms with Crippen LogP contribution in [0.2, 0.25) is 0 Å². The molecular formula is C12H19NO2Si. The van der Waals surface area contributed by atoms with Crippen molar-refractivity contribution in [2.75, 3.05) is 27.4 Å². The van der Waals surface area contributed by atoms with E-state index >= 15 is 0 Å². The van der Waals surface area contributed by atoms with E-state index in [4.69, 9.17) is 9.47 Å². The van der Waals surface area contributed by atoms with E-state index in [0.29, 0.717) is 9.52 Å². The number of hydrogen-bond donors (Lipinski definition) is 0. The standard InChI is InChI=1S/C12H19NO2Si/c1-13(10-16-12(14-2)15-3)9-11-7-5-4-6-8-11/h4-8,12H,9-10H2,1-3H3. The maximum atomic E-state index is 5.16. The van der Waals surface area contributed by atoms with Gasteiger partial charge in [0.15, 0.2) is 0 Å². The van der Waals surface area contributed by atoms with E-state index in [1.54, 1.807) is 14.2 Å². The van der Waals surface area contributed by atoms with E-state index < -0.39 is 0 Å². The summed E-state index contributed by atoms with van der Waals surface area (Å²) in [6, 6.07) is 10.5. The summed E-state index contributed by atoms with van der Waals surface area (Å²) in [4.78, 5) is 2.28. The molecule has 0 aliphatic carbocycles. The summed E-state index contributed by atoms with van der Waals surface area (Å²) in [5.74, 6) is -0.0711. The summed E-state index contributed by atoms with van der Waals surface area (Å²) < 4.78 is 10.3. The minimum atomic E-state index is -0.0711. The van der Waals surface area contributed by atoms with Gasteiger partial charge in [-0.1, -0.05) is 30.3 Å². The Morgan fingerprint density at radius 1 is 1.19 bits per heavy atom. The van der Waals surface area contributed by atoms with Crippen LogP contribution in [0, 0.1) is 0 Å². The zero-order chi connectivity index (χ0) is 11.8. The first-order valence-corrected chi connectivity index (χ1v) is 6.56. The minimum absolute atomic E-state index is 0.0711. The lowest BCUT2D eigenvalue weighted by Gasteiger charge is -2.19. The number of methoxy groups -OCH3 is 2.